The van der Waals surface area contributed by atoms with E-state index in [1.165, 1.54) is 128 Å². The normalized spacial score (nSPS) is 10.6. The molecule has 0 atom stereocenters. The van der Waals surface area contributed by atoms with Gasteiger partial charge in [0.05, 0.1) is 0 Å². The molecule has 0 radical (unpaired) electrons. The van der Waals surface area contributed by atoms with Gasteiger partial charge in [-0.15, -0.1) is 18.1 Å². The van der Waals surface area contributed by atoms with E-state index in [0.29, 0.717) is 26.4 Å². The maximum absolute atomic E-state index is 11.4. The average molecular weight is 659 g/mol. The summed E-state index contributed by atoms with van der Waals surface area (Å²) in [6.07, 6.45) is 29.2. The Labute approximate surface area is 272 Å². The first-order chi connectivity index (χ1) is 19.6. The average Bonchev–Trinajstić information content (AvgIpc) is 2.95. The summed E-state index contributed by atoms with van der Waals surface area (Å²) in [7, 11) is -3.77. The third-order valence-electron chi connectivity index (χ3n) is 6.78. The molecule has 0 N–H and O–H groups in total. The molecule has 0 fully saturated rings. The minimum absolute atomic E-state index is 0. The molecule has 9 heteroatoms. The molecular formula is C32H68O6P2Ti+2. The SMILES string of the molecule is CCCCCCCCO[P+](=O)OCCCCCCCC.CCCCCCCCO[P+](=O)OCCCCCCCC.[Ti]. The fourth-order valence-corrected chi connectivity index (χ4v) is 5.42. The van der Waals surface area contributed by atoms with Crippen molar-refractivity contribution < 1.29 is 48.9 Å². The molecule has 0 aliphatic heterocycles. The van der Waals surface area contributed by atoms with E-state index in [1.807, 2.05) is 0 Å². The smallest absolute Gasteiger partial charge is 0.119 e. The second-order valence-electron chi connectivity index (χ2n) is 10.9. The van der Waals surface area contributed by atoms with E-state index >= 15 is 0 Å². The molecule has 0 bridgehead atoms. The van der Waals surface area contributed by atoms with E-state index in [9.17, 15) is 9.13 Å². The Morgan fingerprint density at radius 2 is 0.488 bits per heavy atom. The molecule has 0 aromatic carbocycles. The van der Waals surface area contributed by atoms with Crippen molar-refractivity contribution >= 4 is 16.5 Å². The number of unbranched alkanes of at least 4 members (excludes halogenated alkanes) is 20. The first kappa shape index (κ1) is 46.2. The van der Waals surface area contributed by atoms with Gasteiger partial charge in [0.2, 0.25) is 0 Å². The number of hydrogen-bond acceptors (Lipinski definition) is 6. The Bertz CT molecular complexity index is 431. The second-order valence-corrected chi connectivity index (χ2v) is 12.8. The zero-order chi connectivity index (χ0) is 29.8. The minimum atomic E-state index is -1.89. The molecule has 244 valence electrons. The first-order valence-corrected chi connectivity index (χ1v) is 19.3. The van der Waals surface area contributed by atoms with Gasteiger partial charge in [-0.05, 0) is 25.7 Å². The molecular weight excluding hydrogens is 590 g/mol. The van der Waals surface area contributed by atoms with Gasteiger partial charge in [-0.3, -0.25) is 0 Å². The summed E-state index contributed by atoms with van der Waals surface area (Å²) in [5.41, 5.74) is 0. The monoisotopic (exact) mass is 658 g/mol. The molecule has 0 saturated heterocycles. The standard InChI is InChI=1S/2C16H34O3P.Ti/c2*1-3-5-7-9-11-13-15-18-20(17)19-16-14-12-10-8-6-4-2;/h2*3-16H2,1-2H3;/q2*+1;. The summed E-state index contributed by atoms with van der Waals surface area (Å²) in [4.78, 5) is 0. The second kappa shape index (κ2) is 42.9. The van der Waals surface area contributed by atoms with Gasteiger partial charge in [0.15, 0.2) is 0 Å². The summed E-state index contributed by atoms with van der Waals surface area (Å²) in [6.45, 7) is 11.1. The van der Waals surface area contributed by atoms with Crippen molar-refractivity contribution in [2.75, 3.05) is 26.4 Å². The van der Waals surface area contributed by atoms with Crippen LogP contribution in [-0.2, 0) is 48.9 Å². The quantitative estimate of drug-likeness (QED) is 0.0407. The maximum atomic E-state index is 11.4. The van der Waals surface area contributed by atoms with Gasteiger partial charge in [-0.25, -0.2) is 0 Å². The molecule has 0 amide bonds. The molecule has 0 unspecified atom stereocenters. The summed E-state index contributed by atoms with van der Waals surface area (Å²) in [5.74, 6) is 0. The zero-order valence-electron chi connectivity index (χ0n) is 27.6. The van der Waals surface area contributed by atoms with Crippen LogP contribution >= 0.6 is 16.5 Å². The van der Waals surface area contributed by atoms with Crippen LogP contribution in [0.2, 0.25) is 0 Å². The summed E-state index contributed by atoms with van der Waals surface area (Å²) >= 11 is 0. The van der Waals surface area contributed by atoms with Gasteiger partial charge in [-0.2, -0.15) is 0 Å². The summed E-state index contributed by atoms with van der Waals surface area (Å²) in [6, 6.07) is 0. The zero-order valence-corrected chi connectivity index (χ0v) is 31.0. The third kappa shape index (κ3) is 45.3. The summed E-state index contributed by atoms with van der Waals surface area (Å²) in [5, 5.41) is 0. The van der Waals surface area contributed by atoms with Crippen molar-refractivity contribution in [2.45, 2.75) is 182 Å². The maximum Gasteiger partial charge on any atom is 0.697 e. The van der Waals surface area contributed by atoms with Gasteiger partial charge < -0.3 is 0 Å². The topological polar surface area (TPSA) is 71.1 Å². The predicted octanol–water partition coefficient (Wildman–Crippen LogP) is 12.8. The molecule has 0 spiro atoms. The van der Waals surface area contributed by atoms with Crippen LogP contribution in [0.5, 0.6) is 0 Å². The van der Waals surface area contributed by atoms with E-state index in [1.54, 1.807) is 0 Å². The van der Waals surface area contributed by atoms with Crippen LogP contribution in [-0.4, -0.2) is 26.4 Å². The van der Waals surface area contributed by atoms with Crippen molar-refractivity contribution in [2.24, 2.45) is 0 Å². The van der Waals surface area contributed by atoms with Gasteiger partial charge in [-0.1, -0.05) is 156 Å². The largest absolute Gasteiger partial charge is 0.697 e. The minimum Gasteiger partial charge on any atom is -0.119 e. The molecule has 0 aliphatic rings. The van der Waals surface area contributed by atoms with Gasteiger partial charge in [0, 0.05) is 30.8 Å². The Kier molecular flexibility index (Phi) is 48.3. The molecule has 0 aromatic heterocycles. The predicted molar refractivity (Wildman–Crippen MR) is 173 cm³/mol. The van der Waals surface area contributed by atoms with E-state index in [2.05, 4.69) is 27.7 Å². The number of hydrogen-bond donors (Lipinski definition) is 0. The van der Waals surface area contributed by atoms with Crippen LogP contribution in [0.4, 0.5) is 0 Å². The van der Waals surface area contributed by atoms with Crippen LogP contribution in [0.25, 0.3) is 0 Å². The summed E-state index contributed by atoms with van der Waals surface area (Å²) < 4.78 is 43.6. The van der Waals surface area contributed by atoms with Crippen molar-refractivity contribution in [1.29, 1.82) is 0 Å². The van der Waals surface area contributed by atoms with Gasteiger partial charge in [0.25, 0.3) is 0 Å². The molecule has 0 saturated carbocycles. The van der Waals surface area contributed by atoms with Crippen molar-refractivity contribution in [3.05, 3.63) is 0 Å². The Morgan fingerprint density at radius 3 is 0.683 bits per heavy atom. The van der Waals surface area contributed by atoms with Gasteiger partial charge >= 0.3 is 16.5 Å². The van der Waals surface area contributed by atoms with E-state index < -0.39 is 16.5 Å². The number of rotatable bonds is 32. The first-order valence-electron chi connectivity index (χ1n) is 17.1. The molecule has 0 aromatic rings. The molecule has 6 nitrogen and oxygen atoms in total. The van der Waals surface area contributed by atoms with E-state index in [-0.39, 0.29) is 21.7 Å². The van der Waals surface area contributed by atoms with Crippen molar-refractivity contribution in [1.82, 2.24) is 0 Å². The molecule has 0 aliphatic carbocycles. The van der Waals surface area contributed by atoms with Crippen LogP contribution < -0.4 is 0 Å². The third-order valence-corrected chi connectivity index (χ3v) is 8.35. The Hall–Kier alpha value is 0.754. The van der Waals surface area contributed by atoms with Crippen LogP contribution in [0.3, 0.4) is 0 Å². The Balaban J connectivity index is -0.000000688. The molecule has 0 heterocycles. The Morgan fingerprint density at radius 1 is 0.317 bits per heavy atom. The van der Waals surface area contributed by atoms with Crippen molar-refractivity contribution in [3.8, 4) is 0 Å². The van der Waals surface area contributed by atoms with Gasteiger partial charge in [0.1, 0.15) is 26.4 Å². The fraction of sp³-hybridized carbons (Fsp3) is 1.00. The van der Waals surface area contributed by atoms with Crippen molar-refractivity contribution in [3.63, 3.8) is 0 Å². The van der Waals surface area contributed by atoms with Crippen LogP contribution in [0.1, 0.15) is 182 Å². The van der Waals surface area contributed by atoms with E-state index in [0.717, 1.165) is 25.7 Å². The van der Waals surface area contributed by atoms with E-state index in [4.69, 9.17) is 18.1 Å². The molecule has 41 heavy (non-hydrogen) atoms. The van der Waals surface area contributed by atoms with Crippen LogP contribution in [0.15, 0.2) is 0 Å². The van der Waals surface area contributed by atoms with Crippen LogP contribution in [0, 0.1) is 0 Å². The fourth-order valence-electron chi connectivity index (χ4n) is 4.16. The molecule has 0 rings (SSSR count).